The van der Waals surface area contributed by atoms with Crippen molar-refractivity contribution in [3.63, 3.8) is 0 Å². The van der Waals surface area contributed by atoms with E-state index >= 15 is 0 Å². The summed E-state index contributed by atoms with van der Waals surface area (Å²) in [6.45, 7) is 16.2. The lowest BCUT2D eigenvalue weighted by atomic mass is 9.52. The van der Waals surface area contributed by atoms with Crippen LogP contribution in [0.4, 0.5) is 0 Å². The van der Waals surface area contributed by atoms with E-state index in [1.54, 1.807) is 28.4 Å². The second-order valence-electron chi connectivity index (χ2n) is 19.1. The third-order valence-electron chi connectivity index (χ3n) is 13.8. The zero-order chi connectivity index (χ0) is 43.4. The third-order valence-corrected chi connectivity index (χ3v) is 13.8. The smallest absolute Gasteiger partial charge is 0.177 e. The maximum atomic E-state index is 7.89. The minimum absolute atomic E-state index is 0.0926. The lowest BCUT2D eigenvalue weighted by molar-refractivity contribution is 0.0434. The lowest BCUT2D eigenvalue weighted by Gasteiger charge is -2.52. The lowest BCUT2D eigenvalue weighted by Crippen LogP contribution is -2.44. The molecule has 1 atom stereocenters. The van der Waals surface area contributed by atoms with Gasteiger partial charge in [0, 0.05) is 58.8 Å². The number of morpholine rings is 1. The number of allylic oxidation sites excluding steroid dienone is 1. The van der Waals surface area contributed by atoms with E-state index in [1.165, 1.54) is 22.3 Å². The zero-order valence-corrected chi connectivity index (χ0v) is 37.9. The van der Waals surface area contributed by atoms with Crippen LogP contribution in [-0.4, -0.2) is 66.2 Å². The summed E-state index contributed by atoms with van der Waals surface area (Å²) in [5, 5.41) is 2.13. The molecular formula is C55H61NO6. The van der Waals surface area contributed by atoms with Crippen molar-refractivity contribution in [3.05, 3.63) is 131 Å². The van der Waals surface area contributed by atoms with Crippen LogP contribution in [0.5, 0.6) is 28.7 Å². The van der Waals surface area contributed by atoms with Crippen molar-refractivity contribution >= 4 is 16.8 Å². The van der Waals surface area contributed by atoms with E-state index in [0.717, 1.165) is 114 Å². The first kappa shape index (κ1) is 41.8. The van der Waals surface area contributed by atoms with Crippen LogP contribution in [0.1, 0.15) is 76.1 Å². The maximum Gasteiger partial charge on any atom is 0.177 e. The molecule has 0 aromatic heterocycles. The molecule has 0 N–H and O–H groups in total. The van der Waals surface area contributed by atoms with Gasteiger partial charge in [0.15, 0.2) is 5.60 Å². The van der Waals surface area contributed by atoms with Crippen molar-refractivity contribution in [2.75, 3.05) is 61.3 Å². The van der Waals surface area contributed by atoms with Gasteiger partial charge in [0.1, 0.15) is 28.7 Å². The number of hydrogen-bond acceptors (Lipinski definition) is 7. The second kappa shape index (κ2) is 16.0. The van der Waals surface area contributed by atoms with E-state index < -0.39 is 5.60 Å². The molecule has 1 unspecified atom stereocenters. The molecule has 2 fully saturated rings. The van der Waals surface area contributed by atoms with Crippen molar-refractivity contribution in [3.8, 4) is 51.0 Å². The van der Waals surface area contributed by atoms with Crippen LogP contribution >= 0.6 is 0 Å². The topological polar surface area (TPSA) is 58.6 Å². The van der Waals surface area contributed by atoms with Crippen molar-refractivity contribution in [1.29, 1.82) is 0 Å². The summed E-state index contributed by atoms with van der Waals surface area (Å²) >= 11 is 0. The monoisotopic (exact) mass is 831 g/mol. The molecule has 2 heterocycles. The van der Waals surface area contributed by atoms with E-state index in [0.29, 0.717) is 5.75 Å². The largest absolute Gasteiger partial charge is 0.497 e. The quantitative estimate of drug-likeness (QED) is 0.130. The highest BCUT2D eigenvalue weighted by molar-refractivity contribution is 6.11. The molecule has 7 heteroatoms. The van der Waals surface area contributed by atoms with E-state index in [9.17, 15) is 0 Å². The predicted octanol–water partition coefficient (Wildman–Crippen LogP) is 12.2. The highest BCUT2D eigenvalue weighted by Crippen LogP contribution is 2.67. The number of rotatable bonds is 10. The Kier molecular flexibility index (Phi) is 10.8. The summed E-state index contributed by atoms with van der Waals surface area (Å²) < 4.78 is 37.2. The Labute approximate surface area is 367 Å². The van der Waals surface area contributed by atoms with E-state index in [-0.39, 0.29) is 16.2 Å². The molecule has 1 spiro atoms. The molecule has 62 heavy (non-hydrogen) atoms. The van der Waals surface area contributed by atoms with Crippen molar-refractivity contribution in [2.45, 2.75) is 64.9 Å². The second-order valence-corrected chi connectivity index (χ2v) is 19.1. The normalized spacial score (nSPS) is 21.0. The van der Waals surface area contributed by atoms with Gasteiger partial charge in [0.05, 0.1) is 41.7 Å². The first-order valence-electron chi connectivity index (χ1n) is 22.1. The molecule has 2 aliphatic heterocycles. The molecule has 5 aromatic carbocycles. The van der Waals surface area contributed by atoms with Gasteiger partial charge in [-0.25, -0.2) is 0 Å². The van der Waals surface area contributed by atoms with Gasteiger partial charge in [0.2, 0.25) is 0 Å². The third kappa shape index (κ3) is 6.98. The standard InChI is InChI=1S/C55H61NO6/c1-10-36(14-13-25-56-26-28-61-29-27-56)55(37-17-19-38(57-6)20-18-37)24-23-42-50-49(41-15-11-12-16-46(41)54(50)34-52(2,3)33-53(4,5)35-54)44-31-43(48(60-9)32-45(44)51(42)62-55)40-22-21-39(58-7)30-47(40)59-8/h10-24,30-32H,25-29,33-35H2,1-9H3/b14-13-,36-10+. The number of benzene rings is 5. The van der Waals surface area contributed by atoms with E-state index in [4.69, 9.17) is 28.4 Å². The molecule has 7 nitrogen and oxygen atoms in total. The minimum atomic E-state index is -0.953. The van der Waals surface area contributed by atoms with E-state index in [2.05, 4.69) is 124 Å². The predicted molar refractivity (Wildman–Crippen MR) is 251 cm³/mol. The van der Waals surface area contributed by atoms with Crippen LogP contribution < -0.4 is 23.7 Å². The van der Waals surface area contributed by atoms with Crippen molar-refractivity contribution < 1.29 is 28.4 Å². The molecule has 1 saturated carbocycles. The number of methoxy groups -OCH3 is 4. The molecule has 2 aliphatic carbocycles. The summed E-state index contributed by atoms with van der Waals surface area (Å²) in [7, 11) is 6.84. The van der Waals surface area contributed by atoms with Gasteiger partial charge in [-0.05, 0) is 113 Å². The highest BCUT2D eigenvalue weighted by atomic mass is 16.5. The highest BCUT2D eigenvalue weighted by Gasteiger charge is 2.55. The van der Waals surface area contributed by atoms with Crippen LogP contribution in [0.3, 0.4) is 0 Å². The van der Waals surface area contributed by atoms with Gasteiger partial charge in [-0.15, -0.1) is 0 Å². The Balaban J connectivity index is 1.35. The molecule has 0 amide bonds. The minimum Gasteiger partial charge on any atom is -0.497 e. The van der Waals surface area contributed by atoms with E-state index in [1.807, 2.05) is 24.3 Å². The molecule has 0 radical (unpaired) electrons. The summed E-state index contributed by atoms with van der Waals surface area (Å²) in [4.78, 5) is 2.43. The fourth-order valence-corrected chi connectivity index (χ4v) is 11.9. The van der Waals surface area contributed by atoms with Crippen LogP contribution in [0.25, 0.3) is 39.1 Å². The molecule has 5 aromatic rings. The fraction of sp³-hybridized carbons (Fsp3) is 0.382. The summed E-state index contributed by atoms with van der Waals surface area (Å²) in [5.41, 5.74) is 9.41. The SMILES string of the molecule is C/C=C(\C=C/CN1CCOCC1)C1(c2ccc(OC)cc2)C=Cc2c3c(c4cc(-c5ccc(OC)cc5OC)c(OC)cc4c2O1)-c1ccccc1C31CC(C)(C)CC(C)(C)C1. The Morgan fingerprint density at radius 2 is 1.39 bits per heavy atom. The van der Waals surface area contributed by atoms with Crippen molar-refractivity contribution in [1.82, 2.24) is 4.90 Å². The van der Waals surface area contributed by atoms with Crippen molar-refractivity contribution in [2.24, 2.45) is 10.8 Å². The van der Waals surface area contributed by atoms with Gasteiger partial charge in [-0.1, -0.05) is 88.4 Å². The van der Waals surface area contributed by atoms with Crippen LogP contribution in [0, 0.1) is 10.8 Å². The first-order valence-corrected chi connectivity index (χ1v) is 22.1. The Bertz CT molecular complexity index is 2590. The van der Waals surface area contributed by atoms with Crippen LogP contribution in [0.15, 0.2) is 109 Å². The van der Waals surface area contributed by atoms with Gasteiger partial charge in [-0.2, -0.15) is 0 Å². The summed E-state index contributed by atoms with van der Waals surface area (Å²) in [6.07, 6.45) is 14.6. The molecular weight excluding hydrogens is 771 g/mol. The number of fused-ring (bicyclic) bond motifs is 10. The Hall–Kier alpha value is -5.50. The van der Waals surface area contributed by atoms with Crippen LogP contribution in [-0.2, 0) is 15.8 Å². The molecule has 322 valence electrons. The maximum absolute atomic E-state index is 7.89. The average molecular weight is 832 g/mol. The molecule has 4 aliphatic rings. The first-order chi connectivity index (χ1) is 29.9. The average Bonchev–Trinajstić information content (AvgIpc) is 3.54. The van der Waals surface area contributed by atoms with Gasteiger partial charge < -0.3 is 28.4 Å². The van der Waals surface area contributed by atoms with Gasteiger partial charge >= 0.3 is 0 Å². The number of ether oxygens (including phenoxy) is 6. The number of hydrogen-bond donors (Lipinski definition) is 0. The molecule has 1 saturated heterocycles. The number of nitrogens with zero attached hydrogens (tertiary/aromatic N) is 1. The summed E-state index contributed by atoms with van der Waals surface area (Å²) in [6, 6.07) is 28.0. The summed E-state index contributed by atoms with van der Waals surface area (Å²) in [5.74, 6) is 3.83. The van der Waals surface area contributed by atoms with Crippen LogP contribution in [0.2, 0.25) is 0 Å². The zero-order valence-electron chi connectivity index (χ0n) is 37.9. The van der Waals surface area contributed by atoms with Gasteiger partial charge in [-0.3, -0.25) is 4.90 Å². The fourth-order valence-electron chi connectivity index (χ4n) is 11.9. The Morgan fingerprint density at radius 3 is 2.06 bits per heavy atom. The van der Waals surface area contributed by atoms with Gasteiger partial charge in [0.25, 0.3) is 0 Å². The molecule has 0 bridgehead atoms. The molecule has 9 rings (SSSR count). The Morgan fingerprint density at radius 1 is 0.710 bits per heavy atom.